The molecule has 1 N–H and O–H groups in total. The summed E-state index contributed by atoms with van der Waals surface area (Å²) in [6.07, 6.45) is 0.442. The molecule has 2 atom stereocenters. The summed E-state index contributed by atoms with van der Waals surface area (Å²) >= 11 is 3.37. The molecule has 0 aromatic heterocycles. The molecule has 0 saturated carbocycles. The first-order chi connectivity index (χ1) is 9.02. The zero-order valence-electron chi connectivity index (χ0n) is 10.3. The number of piperidine rings is 1. The highest BCUT2D eigenvalue weighted by molar-refractivity contribution is 9.10. The van der Waals surface area contributed by atoms with Crippen LogP contribution in [-0.2, 0) is 4.79 Å². The molecule has 7 heteroatoms. The van der Waals surface area contributed by atoms with E-state index < -0.39 is 12.1 Å². The predicted molar refractivity (Wildman–Crippen MR) is 71.6 cm³/mol. The molecule has 1 amide bonds. The fraction of sp³-hybridized carbons (Fsp3) is 0.417. The Kier molecular flexibility index (Phi) is 4.04. The topological polar surface area (TPSA) is 81.5 Å². The van der Waals surface area contributed by atoms with Crippen molar-refractivity contribution in [3.05, 3.63) is 38.3 Å². The largest absolute Gasteiger partial charge is 0.497 e. The van der Waals surface area contributed by atoms with E-state index in [1.807, 2.05) is 0 Å². The van der Waals surface area contributed by atoms with E-state index in [1.165, 1.54) is 0 Å². The Morgan fingerprint density at radius 2 is 2.26 bits per heavy atom. The number of nitrogens with zero attached hydrogens (tertiary/aromatic N) is 1. The third-order valence-electron chi connectivity index (χ3n) is 3.18. The molecule has 1 saturated heterocycles. The van der Waals surface area contributed by atoms with E-state index in [1.54, 1.807) is 25.3 Å². The zero-order chi connectivity index (χ0) is 14.0. The lowest BCUT2D eigenvalue weighted by molar-refractivity contribution is -0.529. The van der Waals surface area contributed by atoms with Crippen molar-refractivity contribution in [2.75, 3.05) is 7.11 Å². The number of carbonyl (C=O) groups excluding carboxylic acids is 1. The molecule has 0 bridgehead atoms. The van der Waals surface area contributed by atoms with Gasteiger partial charge < -0.3 is 10.1 Å². The van der Waals surface area contributed by atoms with Crippen molar-refractivity contribution in [1.82, 2.24) is 5.32 Å². The van der Waals surface area contributed by atoms with Gasteiger partial charge in [0.2, 0.25) is 11.9 Å². The van der Waals surface area contributed by atoms with Crippen LogP contribution in [0.25, 0.3) is 0 Å². The molecule has 1 heterocycles. The second-order valence-corrected chi connectivity index (χ2v) is 5.18. The van der Waals surface area contributed by atoms with Crippen molar-refractivity contribution in [2.24, 2.45) is 0 Å². The third kappa shape index (κ3) is 2.86. The summed E-state index contributed by atoms with van der Waals surface area (Å²) in [6.45, 7) is 0. The number of methoxy groups -OCH3 is 1. The maximum Gasteiger partial charge on any atom is 0.237 e. The predicted octanol–water partition coefficient (Wildman–Crippen LogP) is 2.05. The quantitative estimate of drug-likeness (QED) is 0.680. The van der Waals surface area contributed by atoms with Gasteiger partial charge in [-0.15, -0.1) is 0 Å². The summed E-state index contributed by atoms with van der Waals surface area (Å²) in [5.41, 5.74) is 0.690. The molecule has 0 spiro atoms. The Morgan fingerprint density at radius 3 is 2.84 bits per heavy atom. The number of ether oxygens (including phenoxy) is 1. The Hall–Kier alpha value is -1.63. The SMILES string of the molecule is COc1ccc(C2NC(=O)CCC2[N+](=O)[O-])c(Br)c1. The van der Waals surface area contributed by atoms with Crippen LogP contribution in [0.3, 0.4) is 0 Å². The Balaban J connectivity index is 2.36. The van der Waals surface area contributed by atoms with Gasteiger partial charge in [0, 0.05) is 22.2 Å². The Bertz CT molecular complexity index is 520. The number of benzene rings is 1. The van der Waals surface area contributed by atoms with Gasteiger partial charge in [0.25, 0.3) is 0 Å². The molecule has 1 aromatic carbocycles. The van der Waals surface area contributed by atoms with Crippen molar-refractivity contribution in [3.63, 3.8) is 0 Å². The lowest BCUT2D eigenvalue weighted by Crippen LogP contribution is -2.45. The molecule has 1 aliphatic rings. The van der Waals surface area contributed by atoms with Crippen molar-refractivity contribution >= 4 is 21.8 Å². The molecule has 1 aromatic rings. The van der Waals surface area contributed by atoms with Gasteiger partial charge in [0.05, 0.1) is 7.11 Å². The van der Waals surface area contributed by atoms with Crippen LogP contribution in [0.5, 0.6) is 5.75 Å². The summed E-state index contributed by atoms with van der Waals surface area (Å²) in [7, 11) is 1.55. The maximum absolute atomic E-state index is 11.5. The zero-order valence-corrected chi connectivity index (χ0v) is 11.8. The number of amides is 1. The molecule has 102 valence electrons. The van der Waals surface area contributed by atoms with Crippen LogP contribution in [0, 0.1) is 10.1 Å². The van der Waals surface area contributed by atoms with Crippen LogP contribution in [0.4, 0.5) is 0 Å². The highest BCUT2D eigenvalue weighted by atomic mass is 79.9. The van der Waals surface area contributed by atoms with Crippen LogP contribution in [-0.4, -0.2) is 24.0 Å². The van der Waals surface area contributed by atoms with Crippen LogP contribution < -0.4 is 10.1 Å². The van der Waals surface area contributed by atoms with E-state index in [4.69, 9.17) is 4.74 Å². The number of rotatable bonds is 3. The Morgan fingerprint density at radius 1 is 1.53 bits per heavy atom. The Labute approximate surface area is 118 Å². The maximum atomic E-state index is 11.5. The third-order valence-corrected chi connectivity index (χ3v) is 3.87. The fourth-order valence-electron chi connectivity index (χ4n) is 2.19. The van der Waals surface area contributed by atoms with Crippen LogP contribution >= 0.6 is 15.9 Å². The number of hydrogen-bond donors (Lipinski definition) is 1. The smallest absolute Gasteiger partial charge is 0.237 e. The van der Waals surface area contributed by atoms with Gasteiger partial charge >= 0.3 is 0 Å². The molecular weight excluding hydrogens is 316 g/mol. The summed E-state index contributed by atoms with van der Waals surface area (Å²) in [5, 5.41) is 13.8. The number of nitrogens with one attached hydrogen (secondary N) is 1. The molecule has 2 unspecified atom stereocenters. The first kappa shape index (κ1) is 13.8. The minimum Gasteiger partial charge on any atom is -0.497 e. The fourth-order valence-corrected chi connectivity index (χ4v) is 2.79. The number of halogens is 1. The molecule has 0 aliphatic carbocycles. The standard InChI is InChI=1S/C12H13BrN2O4/c1-19-7-2-3-8(9(13)6-7)12-10(15(17)18)4-5-11(16)14-12/h2-3,6,10,12H,4-5H2,1H3,(H,14,16). The summed E-state index contributed by atoms with van der Waals surface area (Å²) in [6, 6.07) is 3.76. The normalized spacial score (nSPS) is 22.7. The molecule has 1 aliphatic heterocycles. The molecule has 0 radical (unpaired) electrons. The summed E-state index contributed by atoms with van der Waals surface area (Å²) in [5.74, 6) is 0.487. The number of hydrogen-bond acceptors (Lipinski definition) is 4. The minimum atomic E-state index is -0.803. The van der Waals surface area contributed by atoms with Gasteiger partial charge in [0.15, 0.2) is 0 Å². The van der Waals surface area contributed by atoms with Gasteiger partial charge in [-0.25, -0.2) is 0 Å². The lowest BCUT2D eigenvalue weighted by atomic mass is 9.92. The number of carbonyl (C=O) groups is 1. The monoisotopic (exact) mass is 328 g/mol. The van der Waals surface area contributed by atoms with E-state index in [0.717, 1.165) is 0 Å². The average molecular weight is 329 g/mol. The van der Waals surface area contributed by atoms with E-state index in [2.05, 4.69) is 21.2 Å². The molecule has 2 rings (SSSR count). The molecule has 1 fully saturated rings. The van der Waals surface area contributed by atoms with Crippen molar-refractivity contribution in [2.45, 2.75) is 24.9 Å². The number of nitro groups is 1. The van der Waals surface area contributed by atoms with Crippen molar-refractivity contribution in [1.29, 1.82) is 0 Å². The molecule has 19 heavy (non-hydrogen) atoms. The van der Waals surface area contributed by atoms with Gasteiger partial charge in [-0.2, -0.15) is 0 Å². The first-order valence-corrected chi connectivity index (χ1v) is 6.58. The first-order valence-electron chi connectivity index (χ1n) is 5.79. The highest BCUT2D eigenvalue weighted by Gasteiger charge is 2.38. The van der Waals surface area contributed by atoms with E-state index in [9.17, 15) is 14.9 Å². The molecule has 6 nitrogen and oxygen atoms in total. The highest BCUT2D eigenvalue weighted by Crippen LogP contribution is 2.33. The summed E-state index contributed by atoms with van der Waals surface area (Å²) < 4.78 is 5.77. The minimum absolute atomic E-state index is 0.161. The average Bonchev–Trinajstić information content (AvgIpc) is 2.38. The second kappa shape index (κ2) is 5.56. The lowest BCUT2D eigenvalue weighted by Gasteiger charge is -2.27. The van der Waals surface area contributed by atoms with E-state index >= 15 is 0 Å². The van der Waals surface area contributed by atoms with Gasteiger partial charge in [-0.05, 0) is 17.7 Å². The van der Waals surface area contributed by atoms with Crippen LogP contribution in [0.15, 0.2) is 22.7 Å². The van der Waals surface area contributed by atoms with Crippen molar-refractivity contribution < 1.29 is 14.5 Å². The van der Waals surface area contributed by atoms with Crippen molar-refractivity contribution in [3.8, 4) is 5.75 Å². The van der Waals surface area contributed by atoms with E-state index in [-0.39, 0.29) is 23.7 Å². The van der Waals surface area contributed by atoms with Crippen LogP contribution in [0.2, 0.25) is 0 Å². The molecular formula is C12H13BrN2O4. The van der Waals surface area contributed by atoms with Gasteiger partial charge in [0.1, 0.15) is 11.8 Å². The van der Waals surface area contributed by atoms with E-state index in [0.29, 0.717) is 15.8 Å². The summed E-state index contributed by atoms with van der Waals surface area (Å²) in [4.78, 5) is 22.2. The van der Waals surface area contributed by atoms with Crippen LogP contribution in [0.1, 0.15) is 24.4 Å². The second-order valence-electron chi connectivity index (χ2n) is 4.32. The van der Waals surface area contributed by atoms with Gasteiger partial charge in [-0.1, -0.05) is 22.0 Å². The van der Waals surface area contributed by atoms with Gasteiger partial charge in [-0.3, -0.25) is 14.9 Å².